The van der Waals surface area contributed by atoms with Gasteiger partial charge in [0, 0.05) is 18.8 Å². The van der Waals surface area contributed by atoms with E-state index in [0.29, 0.717) is 0 Å². The van der Waals surface area contributed by atoms with Crippen molar-refractivity contribution < 1.29 is 24.0 Å². The molecule has 0 bridgehead atoms. The van der Waals surface area contributed by atoms with Gasteiger partial charge in [0.25, 0.3) is 0 Å². The first-order valence-corrected chi connectivity index (χ1v) is 17.1. The molecule has 0 fully saturated rings. The van der Waals surface area contributed by atoms with Crippen molar-refractivity contribution in [1.82, 2.24) is 0 Å². The number of hydrogen-bond donors (Lipinski definition) is 0. The normalized spacial score (nSPS) is 11.2. The third kappa shape index (κ3) is 8.67. The Hall–Kier alpha value is -2.16. The van der Waals surface area contributed by atoms with Crippen LogP contribution < -0.4 is 44.8 Å². The first-order chi connectivity index (χ1) is 19.3. The van der Waals surface area contributed by atoms with Gasteiger partial charge in [0.15, 0.2) is 0 Å². The fourth-order valence-corrected chi connectivity index (χ4v) is 9.93. The van der Waals surface area contributed by atoms with Crippen molar-refractivity contribution in [1.29, 1.82) is 0 Å². The van der Waals surface area contributed by atoms with Gasteiger partial charge >= 0.3 is 0 Å². The number of benzene rings is 4. The average molecular weight is 664 g/mol. The van der Waals surface area contributed by atoms with Crippen LogP contribution in [0.4, 0.5) is 5.69 Å². The number of nitrogens with zero attached hydrogens (tertiary/aromatic N) is 1. The molecule has 0 aliphatic rings. The second kappa shape index (κ2) is 17.6. The van der Waals surface area contributed by atoms with Crippen molar-refractivity contribution in [2.45, 2.75) is 71.4 Å². The van der Waals surface area contributed by atoms with Crippen LogP contribution in [0.1, 0.15) is 70.8 Å². The minimum absolute atomic E-state index is 0. The zero-order valence-corrected chi connectivity index (χ0v) is 27.6. The van der Waals surface area contributed by atoms with Crippen LogP contribution in [-0.4, -0.2) is 13.1 Å². The molecule has 3 heteroatoms. The van der Waals surface area contributed by atoms with Gasteiger partial charge in [-0.3, -0.25) is 0 Å². The predicted octanol–water partition coefficient (Wildman–Crippen LogP) is 6.15. The second-order valence-corrected chi connectivity index (χ2v) is 14.2. The number of anilines is 1. The maximum absolute atomic E-state index is 2.64. The van der Waals surface area contributed by atoms with Crippen LogP contribution in [0, 0.1) is 0 Å². The lowest BCUT2D eigenvalue weighted by atomic mass is 10.1. The van der Waals surface area contributed by atoms with Crippen molar-refractivity contribution in [3.63, 3.8) is 0 Å². The molecule has 4 aromatic carbocycles. The molecule has 0 spiro atoms. The topological polar surface area (TPSA) is 3.24 Å². The van der Waals surface area contributed by atoms with Crippen LogP contribution in [-0.2, 0) is 6.16 Å². The monoisotopic (exact) mass is 663 g/mol. The van der Waals surface area contributed by atoms with Gasteiger partial charge in [0.2, 0.25) is 0 Å². The Morgan fingerprint density at radius 1 is 0.475 bits per heavy atom. The molecule has 0 N–H and O–H groups in total. The highest BCUT2D eigenvalue weighted by molar-refractivity contribution is 7.95. The Labute approximate surface area is 261 Å². The highest BCUT2D eigenvalue weighted by atomic mass is 127. The lowest BCUT2D eigenvalue weighted by Gasteiger charge is -2.28. The van der Waals surface area contributed by atoms with Crippen molar-refractivity contribution in [2.75, 3.05) is 18.0 Å². The van der Waals surface area contributed by atoms with Gasteiger partial charge in [-0.05, 0) is 66.9 Å². The Kier molecular flexibility index (Phi) is 14.2. The van der Waals surface area contributed by atoms with E-state index in [9.17, 15) is 0 Å². The molecule has 4 aromatic rings. The minimum Gasteiger partial charge on any atom is -1.00 e. The molecule has 4 rings (SSSR count). The predicted molar refractivity (Wildman–Crippen MR) is 176 cm³/mol. The smallest absolute Gasteiger partial charge is 0.116 e. The Morgan fingerprint density at radius 3 is 1.25 bits per heavy atom. The molecule has 0 aliphatic heterocycles. The Bertz CT molecular complexity index is 1090. The fourth-order valence-electron chi connectivity index (χ4n) is 5.68. The van der Waals surface area contributed by atoms with E-state index in [-0.39, 0.29) is 24.0 Å². The first kappa shape index (κ1) is 32.4. The molecular weight excluding hydrogens is 616 g/mol. The van der Waals surface area contributed by atoms with E-state index in [1.54, 1.807) is 0 Å². The average Bonchev–Trinajstić information content (AvgIpc) is 3.01. The van der Waals surface area contributed by atoms with Gasteiger partial charge in [-0.15, -0.1) is 0 Å². The molecule has 0 heterocycles. The molecule has 0 unspecified atom stereocenters. The number of rotatable bonds is 16. The van der Waals surface area contributed by atoms with Crippen molar-refractivity contribution in [3.8, 4) is 0 Å². The molecule has 212 valence electrons. The van der Waals surface area contributed by atoms with E-state index in [1.807, 2.05) is 0 Å². The zero-order chi connectivity index (χ0) is 27.2. The molecule has 0 aliphatic carbocycles. The molecule has 0 saturated carbocycles. The van der Waals surface area contributed by atoms with Crippen LogP contribution in [0.15, 0.2) is 115 Å². The maximum Gasteiger partial charge on any atom is 0.116 e. The summed E-state index contributed by atoms with van der Waals surface area (Å²) in [6.45, 7) is 6.93. The van der Waals surface area contributed by atoms with E-state index >= 15 is 0 Å². The third-order valence-corrected chi connectivity index (χ3v) is 12.3. The summed E-state index contributed by atoms with van der Waals surface area (Å²) in [7, 11) is -1.88. The highest BCUT2D eigenvalue weighted by Gasteiger charge is 2.45. The van der Waals surface area contributed by atoms with Crippen LogP contribution in [0.2, 0.25) is 0 Å². The summed E-state index contributed by atoms with van der Waals surface area (Å²) in [6.07, 6.45) is 11.5. The lowest BCUT2D eigenvalue weighted by Crippen LogP contribution is -3.00. The Morgan fingerprint density at radius 2 is 0.875 bits per heavy atom. The van der Waals surface area contributed by atoms with Crippen LogP contribution in [0.5, 0.6) is 0 Å². The van der Waals surface area contributed by atoms with E-state index < -0.39 is 7.26 Å². The number of halogens is 1. The van der Waals surface area contributed by atoms with Crippen LogP contribution in [0.25, 0.3) is 0 Å². The van der Waals surface area contributed by atoms with Crippen LogP contribution >= 0.6 is 7.26 Å². The van der Waals surface area contributed by atoms with Crippen molar-refractivity contribution in [3.05, 3.63) is 121 Å². The van der Waals surface area contributed by atoms with E-state index in [0.717, 1.165) is 6.16 Å². The quantitative estimate of drug-likeness (QED) is 0.0790. The fraction of sp³-hybridized carbons (Fsp3) is 0.351. The largest absolute Gasteiger partial charge is 1.00 e. The van der Waals surface area contributed by atoms with Gasteiger partial charge in [-0.1, -0.05) is 119 Å². The molecule has 0 aromatic heterocycles. The van der Waals surface area contributed by atoms with E-state index in [4.69, 9.17) is 0 Å². The molecular formula is C37H47INP. The number of hydrogen-bond acceptors (Lipinski definition) is 1. The molecule has 40 heavy (non-hydrogen) atoms. The summed E-state index contributed by atoms with van der Waals surface area (Å²) in [5.41, 5.74) is 2.80. The summed E-state index contributed by atoms with van der Waals surface area (Å²) in [5, 5.41) is 4.33. The van der Waals surface area contributed by atoms with Crippen LogP contribution in [0.3, 0.4) is 0 Å². The van der Waals surface area contributed by atoms with Gasteiger partial charge in [-0.25, -0.2) is 0 Å². The summed E-state index contributed by atoms with van der Waals surface area (Å²) in [5.74, 6) is 0. The maximum atomic E-state index is 2.64. The second-order valence-electron chi connectivity index (χ2n) is 10.7. The zero-order valence-electron chi connectivity index (χ0n) is 24.5. The van der Waals surface area contributed by atoms with E-state index in [1.165, 1.54) is 91.6 Å². The van der Waals surface area contributed by atoms with Crippen molar-refractivity contribution in [2.24, 2.45) is 0 Å². The Balaban J connectivity index is 0.00000441. The number of unbranched alkanes of at least 4 members (excludes halogenated alkanes) is 6. The van der Waals surface area contributed by atoms with Gasteiger partial charge in [0.05, 0.1) is 6.16 Å². The molecule has 1 nitrogen and oxygen atoms in total. The molecule has 0 saturated heterocycles. The lowest BCUT2D eigenvalue weighted by molar-refractivity contribution is -0.00000791. The summed E-state index contributed by atoms with van der Waals surface area (Å²) in [4.78, 5) is 2.64. The van der Waals surface area contributed by atoms with Gasteiger partial charge in [-0.2, -0.15) is 0 Å². The van der Waals surface area contributed by atoms with E-state index in [2.05, 4.69) is 134 Å². The first-order valence-electron chi connectivity index (χ1n) is 15.2. The molecule has 0 atom stereocenters. The summed E-state index contributed by atoms with van der Waals surface area (Å²) >= 11 is 0. The highest BCUT2D eigenvalue weighted by Crippen LogP contribution is 2.58. The third-order valence-electron chi connectivity index (χ3n) is 7.88. The molecule has 0 radical (unpaired) electrons. The standard InChI is InChI=1S/C37H47NP.HI/c1-3-5-7-18-30-38(31-19-8-6-4-2)34-28-26-33(27-29-34)32-39(35-20-12-9-13-21-35,36-22-14-10-15-23-36)37-24-16-11-17-25-37;/h9-17,20-29H,3-8,18-19,30-32H2,1-2H3;1H/q+1;/p-1. The SMILES string of the molecule is CCCCCCN(CCCCCC)c1ccc(C[P+](c2ccccc2)(c2ccccc2)c2ccccc2)cc1.[I-]. The summed E-state index contributed by atoms with van der Waals surface area (Å²) in [6, 6.07) is 43.3. The van der Waals surface area contributed by atoms with Gasteiger partial charge in [0.1, 0.15) is 23.2 Å². The van der Waals surface area contributed by atoms with Crippen molar-refractivity contribution >= 4 is 28.9 Å². The minimum atomic E-state index is -1.88. The molecule has 0 amide bonds. The summed E-state index contributed by atoms with van der Waals surface area (Å²) < 4.78 is 0. The van der Waals surface area contributed by atoms with Gasteiger partial charge < -0.3 is 28.9 Å².